The number of hydrogen-bond acceptors (Lipinski definition) is 5. The van der Waals surface area contributed by atoms with E-state index in [1.807, 2.05) is 0 Å². The van der Waals surface area contributed by atoms with Gasteiger partial charge in [0, 0.05) is 25.6 Å². The minimum absolute atomic E-state index is 0.0625. The third-order valence-corrected chi connectivity index (χ3v) is 4.45. The van der Waals surface area contributed by atoms with Gasteiger partial charge < -0.3 is 9.52 Å². The van der Waals surface area contributed by atoms with Crippen LogP contribution in [0.2, 0.25) is 0 Å². The van der Waals surface area contributed by atoms with Crippen LogP contribution in [0.25, 0.3) is 11.3 Å². The largest absolute Gasteiger partial charge is 0.449 e. The number of aliphatic hydroxyl groups is 1. The lowest BCUT2D eigenvalue weighted by atomic mass is 10.2. The standard InChI is InChI=1S/C14H18N2O4S/c1-10(8-17)7-15-21(18,19)13-5-3-12(4-6-13)14-9-20-11(2)16-14/h3-6,9-10,15,17H,7-8H2,1-2H3. The molecule has 0 fully saturated rings. The van der Waals surface area contributed by atoms with Crippen LogP contribution in [-0.2, 0) is 10.0 Å². The molecule has 21 heavy (non-hydrogen) atoms. The molecule has 0 radical (unpaired) electrons. The Morgan fingerprint density at radius 3 is 2.52 bits per heavy atom. The Labute approximate surface area is 123 Å². The molecule has 0 saturated heterocycles. The zero-order valence-corrected chi connectivity index (χ0v) is 12.7. The van der Waals surface area contributed by atoms with Gasteiger partial charge >= 0.3 is 0 Å². The second-order valence-corrected chi connectivity index (χ2v) is 6.68. The van der Waals surface area contributed by atoms with Gasteiger partial charge in [-0.05, 0) is 18.1 Å². The van der Waals surface area contributed by atoms with E-state index in [2.05, 4.69) is 9.71 Å². The first-order valence-electron chi connectivity index (χ1n) is 6.55. The molecule has 0 aliphatic rings. The average molecular weight is 310 g/mol. The van der Waals surface area contributed by atoms with Crippen LogP contribution < -0.4 is 4.72 Å². The maximum Gasteiger partial charge on any atom is 0.240 e. The zero-order chi connectivity index (χ0) is 15.5. The first-order valence-corrected chi connectivity index (χ1v) is 8.04. The van der Waals surface area contributed by atoms with Gasteiger partial charge in [-0.15, -0.1) is 0 Å². The van der Waals surface area contributed by atoms with Crippen molar-refractivity contribution in [3.63, 3.8) is 0 Å². The van der Waals surface area contributed by atoms with E-state index in [1.165, 1.54) is 18.4 Å². The summed E-state index contributed by atoms with van der Waals surface area (Å²) in [5.74, 6) is 0.429. The number of sulfonamides is 1. The third kappa shape index (κ3) is 3.90. The normalized spacial score (nSPS) is 13.3. The Morgan fingerprint density at radius 1 is 1.33 bits per heavy atom. The lowest BCUT2D eigenvalue weighted by Crippen LogP contribution is -2.29. The molecule has 1 heterocycles. The molecule has 0 spiro atoms. The first-order chi connectivity index (χ1) is 9.92. The molecule has 1 unspecified atom stereocenters. The molecule has 0 aliphatic heterocycles. The fraction of sp³-hybridized carbons (Fsp3) is 0.357. The summed E-state index contributed by atoms with van der Waals surface area (Å²) in [6.45, 7) is 3.64. The molecule has 2 aromatic rings. The van der Waals surface area contributed by atoms with E-state index in [4.69, 9.17) is 9.52 Å². The minimum Gasteiger partial charge on any atom is -0.449 e. The molecular weight excluding hydrogens is 292 g/mol. The Hall–Kier alpha value is -1.70. The lowest BCUT2D eigenvalue weighted by molar-refractivity contribution is 0.238. The Bertz CT molecular complexity index is 692. The molecule has 6 nitrogen and oxygen atoms in total. The number of rotatable bonds is 6. The van der Waals surface area contributed by atoms with Crippen LogP contribution in [0, 0.1) is 12.8 Å². The van der Waals surface area contributed by atoms with Gasteiger partial charge in [0.25, 0.3) is 0 Å². The van der Waals surface area contributed by atoms with E-state index in [0.717, 1.165) is 5.56 Å². The molecule has 1 aromatic carbocycles. The number of aryl methyl sites for hydroxylation is 1. The fourth-order valence-corrected chi connectivity index (χ4v) is 2.87. The van der Waals surface area contributed by atoms with Gasteiger partial charge in [-0.25, -0.2) is 18.1 Å². The Kier molecular flexibility index (Phi) is 4.76. The number of aromatic nitrogens is 1. The third-order valence-electron chi connectivity index (χ3n) is 3.01. The van der Waals surface area contributed by atoms with Gasteiger partial charge in [0.2, 0.25) is 10.0 Å². The summed E-state index contributed by atoms with van der Waals surface area (Å²) in [4.78, 5) is 4.36. The summed E-state index contributed by atoms with van der Waals surface area (Å²) >= 11 is 0. The van der Waals surface area contributed by atoms with Gasteiger partial charge in [0.05, 0.1) is 4.90 Å². The highest BCUT2D eigenvalue weighted by Gasteiger charge is 2.15. The lowest BCUT2D eigenvalue weighted by Gasteiger charge is -2.10. The van der Waals surface area contributed by atoms with Crippen molar-refractivity contribution >= 4 is 10.0 Å². The molecule has 1 atom stereocenters. The molecule has 1 aromatic heterocycles. The van der Waals surface area contributed by atoms with Crippen LogP contribution in [-0.4, -0.2) is 31.7 Å². The van der Waals surface area contributed by atoms with Crippen molar-refractivity contribution in [2.45, 2.75) is 18.7 Å². The molecule has 2 N–H and O–H groups in total. The minimum atomic E-state index is -3.56. The van der Waals surface area contributed by atoms with Crippen LogP contribution >= 0.6 is 0 Å². The number of aliphatic hydroxyl groups excluding tert-OH is 1. The first kappa shape index (κ1) is 15.7. The van der Waals surface area contributed by atoms with E-state index in [9.17, 15) is 8.42 Å². The number of nitrogens with one attached hydrogen (secondary N) is 1. The summed E-state index contributed by atoms with van der Waals surface area (Å²) in [7, 11) is -3.56. The molecule has 0 saturated carbocycles. The van der Waals surface area contributed by atoms with Crippen molar-refractivity contribution in [1.82, 2.24) is 9.71 Å². The number of nitrogens with zero attached hydrogens (tertiary/aromatic N) is 1. The molecule has 7 heteroatoms. The number of benzene rings is 1. The molecule has 0 amide bonds. The van der Waals surface area contributed by atoms with Crippen molar-refractivity contribution in [3.05, 3.63) is 36.4 Å². The van der Waals surface area contributed by atoms with Gasteiger partial charge in [-0.3, -0.25) is 0 Å². The quantitative estimate of drug-likeness (QED) is 0.844. The topological polar surface area (TPSA) is 92.4 Å². The average Bonchev–Trinajstić information content (AvgIpc) is 2.91. The van der Waals surface area contributed by atoms with Crippen LogP contribution in [0.1, 0.15) is 12.8 Å². The van der Waals surface area contributed by atoms with Gasteiger partial charge in [-0.2, -0.15) is 0 Å². The maximum atomic E-state index is 12.1. The van der Waals surface area contributed by atoms with E-state index >= 15 is 0 Å². The SMILES string of the molecule is Cc1nc(-c2ccc(S(=O)(=O)NCC(C)CO)cc2)co1. The van der Waals surface area contributed by atoms with Crippen molar-refractivity contribution in [3.8, 4) is 11.3 Å². The van der Waals surface area contributed by atoms with E-state index in [1.54, 1.807) is 26.0 Å². The summed E-state index contributed by atoms with van der Waals surface area (Å²) in [6, 6.07) is 6.40. The monoisotopic (exact) mass is 310 g/mol. The highest BCUT2D eigenvalue weighted by molar-refractivity contribution is 7.89. The predicted molar refractivity (Wildman–Crippen MR) is 78.1 cm³/mol. The van der Waals surface area contributed by atoms with E-state index in [-0.39, 0.29) is 24.0 Å². The van der Waals surface area contributed by atoms with Crippen LogP contribution in [0.5, 0.6) is 0 Å². The maximum absolute atomic E-state index is 12.1. The van der Waals surface area contributed by atoms with E-state index < -0.39 is 10.0 Å². The Balaban J connectivity index is 2.14. The second kappa shape index (κ2) is 6.38. The molecule has 0 bridgehead atoms. The summed E-state index contributed by atoms with van der Waals surface area (Å²) in [5.41, 5.74) is 1.45. The molecule has 0 aliphatic carbocycles. The molecule has 114 valence electrons. The van der Waals surface area contributed by atoms with Crippen molar-refractivity contribution in [2.75, 3.05) is 13.2 Å². The summed E-state index contributed by atoms with van der Waals surface area (Å²) in [6.07, 6.45) is 1.53. The van der Waals surface area contributed by atoms with Crippen LogP contribution in [0.4, 0.5) is 0 Å². The van der Waals surface area contributed by atoms with Crippen molar-refractivity contribution in [1.29, 1.82) is 0 Å². The Morgan fingerprint density at radius 2 is 2.00 bits per heavy atom. The predicted octanol–water partition coefficient (Wildman–Crippen LogP) is 1.56. The van der Waals surface area contributed by atoms with Crippen molar-refractivity contribution in [2.24, 2.45) is 5.92 Å². The number of oxazole rings is 1. The zero-order valence-electron chi connectivity index (χ0n) is 11.9. The smallest absolute Gasteiger partial charge is 0.240 e. The summed E-state index contributed by atoms with van der Waals surface area (Å²) in [5, 5.41) is 8.92. The fourth-order valence-electron chi connectivity index (χ4n) is 1.70. The van der Waals surface area contributed by atoms with Gasteiger partial charge in [0.1, 0.15) is 12.0 Å². The molecular formula is C14H18N2O4S. The highest BCUT2D eigenvalue weighted by atomic mass is 32.2. The van der Waals surface area contributed by atoms with Crippen LogP contribution in [0.3, 0.4) is 0 Å². The summed E-state index contributed by atoms with van der Waals surface area (Å²) < 4.78 is 31.8. The van der Waals surface area contributed by atoms with E-state index in [0.29, 0.717) is 11.6 Å². The molecule has 2 rings (SSSR count). The highest BCUT2D eigenvalue weighted by Crippen LogP contribution is 2.20. The van der Waals surface area contributed by atoms with Crippen molar-refractivity contribution < 1.29 is 17.9 Å². The van der Waals surface area contributed by atoms with Gasteiger partial charge in [0.15, 0.2) is 5.89 Å². The number of hydrogen-bond donors (Lipinski definition) is 2. The van der Waals surface area contributed by atoms with Crippen LogP contribution in [0.15, 0.2) is 39.8 Å². The second-order valence-electron chi connectivity index (χ2n) is 4.92. The van der Waals surface area contributed by atoms with Gasteiger partial charge in [-0.1, -0.05) is 19.1 Å².